The largest absolute Gasteiger partial charge is 0.478 e. The average Bonchev–Trinajstić information content (AvgIpc) is 2.51. The number of ether oxygens (including phenoxy) is 1. The molecule has 22 heavy (non-hydrogen) atoms. The molecule has 0 saturated heterocycles. The number of aromatic nitrogens is 2. The first kappa shape index (κ1) is 20.2. The summed E-state index contributed by atoms with van der Waals surface area (Å²) in [6.07, 6.45) is 2.89. The van der Waals surface area contributed by atoms with Gasteiger partial charge in [-0.05, 0) is 26.5 Å². The summed E-state index contributed by atoms with van der Waals surface area (Å²) >= 11 is 4.20. The third-order valence-electron chi connectivity index (χ3n) is 2.32. The Labute approximate surface area is 145 Å². The van der Waals surface area contributed by atoms with E-state index in [1.165, 1.54) is 34.5 Å². The summed E-state index contributed by atoms with van der Waals surface area (Å²) in [5.41, 5.74) is 0.810. The molecule has 0 spiro atoms. The van der Waals surface area contributed by atoms with Gasteiger partial charge in [0.25, 0.3) is 0 Å². The van der Waals surface area contributed by atoms with Crippen LogP contribution >= 0.6 is 40.3 Å². The van der Waals surface area contributed by atoms with Crippen molar-refractivity contribution in [2.24, 2.45) is 0 Å². The number of thioether (sulfide) groups is 1. The van der Waals surface area contributed by atoms with E-state index in [1.807, 2.05) is 20.1 Å². The second-order valence-electron chi connectivity index (χ2n) is 4.09. The van der Waals surface area contributed by atoms with Crippen LogP contribution in [0, 0.1) is 0 Å². The lowest BCUT2D eigenvalue weighted by Gasteiger charge is -2.16. The Morgan fingerprint density at radius 1 is 1.18 bits per heavy atom. The molecule has 0 aromatic carbocycles. The summed E-state index contributed by atoms with van der Waals surface area (Å²) in [6.45, 7) is 6.85. The average molecular weight is 383 g/mol. The molecule has 0 fully saturated rings. The molecule has 0 aliphatic heterocycles. The van der Waals surface area contributed by atoms with Gasteiger partial charge in [-0.2, -0.15) is 4.98 Å². The first-order valence-electron chi connectivity index (χ1n) is 7.15. The van der Waals surface area contributed by atoms with Gasteiger partial charge in [-0.3, -0.25) is 4.57 Å². The van der Waals surface area contributed by atoms with Crippen molar-refractivity contribution in [3.8, 4) is 5.88 Å². The summed E-state index contributed by atoms with van der Waals surface area (Å²) in [5.74, 6) is -0.824. The molecule has 1 aromatic heterocycles. The molecular formula is C13H23N2O3PS3. The third kappa shape index (κ3) is 7.13. The SMILES string of the molecule is CCCSP(=O)(OCC)SCc1cc(OCC)nc(SC)n1. The minimum absolute atomic E-state index is 0.449. The molecule has 0 N–H and O–H groups in total. The topological polar surface area (TPSA) is 61.3 Å². The van der Waals surface area contributed by atoms with E-state index >= 15 is 0 Å². The van der Waals surface area contributed by atoms with Crippen molar-refractivity contribution in [3.05, 3.63) is 11.8 Å². The second kappa shape index (κ2) is 10.8. The van der Waals surface area contributed by atoms with Crippen molar-refractivity contribution in [1.29, 1.82) is 0 Å². The van der Waals surface area contributed by atoms with E-state index in [4.69, 9.17) is 9.26 Å². The summed E-state index contributed by atoms with van der Waals surface area (Å²) in [5, 5.41) is 0.661. The van der Waals surface area contributed by atoms with Crippen LogP contribution in [0.25, 0.3) is 0 Å². The predicted molar refractivity (Wildman–Crippen MR) is 98.3 cm³/mol. The molecule has 9 heteroatoms. The van der Waals surface area contributed by atoms with Gasteiger partial charge >= 0.3 is 5.77 Å². The van der Waals surface area contributed by atoms with Gasteiger partial charge in [-0.15, -0.1) is 0 Å². The standard InChI is InChI=1S/C13H23N2O3PS3/c1-5-8-21-19(16,18-7-3)22-10-11-9-12(17-6-2)15-13(14-11)20-4/h9H,5-8,10H2,1-4H3. The zero-order valence-electron chi connectivity index (χ0n) is 13.4. The van der Waals surface area contributed by atoms with Gasteiger partial charge in [-0.1, -0.05) is 41.4 Å². The van der Waals surface area contributed by atoms with Gasteiger partial charge in [0.05, 0.1) is 18.9 Å². The fourth-order valence-electron chi connectivity index (χ4n) is 1.45. The lowest BCUT2D eigenvalue weighted by Crippen LogP contribution is -2.00. The Morgan fingerprint density at radius 2 is 1.95 bits per heavy atom. The van der Waals surface area contributed by atoms with Crippen LogP contribution in [-0.4, -0.2) is 35.2 Å². The predicted octanol–water partition coefficient (Wildman–Crippen LogP) is 5.12. The van der Waals surface area contributed by atoms with E-state index in [0.717, 1.165) is 17.9 Å². The zero-order chi connectivity index (χ0) is 16.4. The van der Waals surface area contributed by atoms with Gasteiger partial charge in [0.1, 0.15) is 0 Å². The highest BCUT2D eigenvalue weighted by molar-refractivity contribution is 8.89. The van der Waals surface area contributed by atoms with Crippen molar-refractivity contribution in [1.82, 2.24) is 9.97 Å². The molecule has 1 atom stereocenters. The van der Waals surface area contributed by atoms with Crippen LogP contribution in [0.15, 0.2) is 11.2 Å². The quantitative estimate of drug-likeness (QED) is 0.297. The lowest BCUT2D eigenvalue weighted by atomic mass is 10.4. The molecule has 0 bridgehead atoms. The van der Waals surface area contributed by atoms with Gasteiger partial charge < -0.3 is 9.26 Å². The third-order valence-corrected chi connectivity index (χ3v) is 10.5. The van der Waals surface area contributed by atoms with E-state index in [2.05, 4.69) is 16.9 Å². The van der Waals surface area contributed by atoms with E-state index in [9.17, 15) is 4.57 Å². The van der Waals surface area contributed by atoms with Gasteiger partial charge in [0.2, 0.25) is 5.88 Å². The Kier molecular flexibility index (Phi) is 9.91. The van der Waals surface area contributed by atoms with Crippen LogP contribution in [0.3, 0.4) is 0 Å². The highest BCUT2D eigenvalue weighted by Crippen LogP contribution is 2.70. The van der Waals surface area contributed by atoms with E-state index < -0.39 is 5.77 Å². The van der Waals surface area contributed by atoms with Gasteiger partial charge in [-0.25, -0.2) is 4.98 Å². The van der Waals surface area contributed by atoms with Crippen molar-refractivity contribution < 1.29 is 13.8 Å². The molecule has 126 valence electrons. The maximum atomic E-state index is 12.7. The number of nitrogens with zero attached hydrogens (tertiary/aromatic N) is 2. The van der Waals surface area contributed by atoms with Crippen LogP contribution in [0.2, 0.25) is 0 Å². The molecule has 0 aliphatic rings. The Hall–Kier alpha value is 0.120. The summed E-state index contributed by atoms with van der Waals surface area (Å²) < 4.78 is 23.7. The molecule has 0 radical (unpaired) electrons. The van der Waals surface area contributed by atoms with E-state index in [0.29, 0.717) is 30.0 Å². The molecule has 0 amide bonds. The van der Waals surface area contributed by atoms with Crippen molar-refractivity contribution in [3.63, 3.8) is 0 Å². The van der Waals surface area contributed by atoms with Gasteiger partial charge in [0, 0.05) is 17.6 Å². The van der Waals surface area contributed by atoms with Crippen LogP contribution in [0.1, 0.15) is 32.9 Å². The Balaban J connectivity index is 2.79. The molecule has 0 saturated carbocycles. The molecule has 5 nitrogen and oxygen atoms in total. The molecular weight excluding hydrogens is 359 g/mol. The van der Waals surface area contributed by atoms with Crippen molar-refractivity contribution in [2.75, 3.05) is 25.2 Å². The minimum atomic E-state index is -2.73. The molecule has 1 unspecified atom stereocenters. The van der Waals surface area contributed by atoms with Crippen LogP contribution in [0.4, 0.5) is 0 Å². The monoisotopic (exact) mass is 382 g/mol. The summed E-state index contributed by atoms with van der Waals surface area (Å²) in [7, 11) is 0. The van der Waals surface area contributed by atoms with Crippen molar-refractivity contribution in [2.45, 2.75) is 38.1 Å². The fraction of sp³-hybridized carbons (Fsp3) is 0.692. The Morgan fingerprint density at radius 3 is 2.55 bits per heavy atom. The number of hydrogen-bond donors (Lipinski definition) is 0. The lowest BCUT2D eigenvalue weighted by molar-refractivity contribution is 0.322. The number of rotatable bonds is 11. The summed E-state index contributed by atoms with van der Waals surface area (Å²) in [6, 6.07) is 1.80. The zero-order valence-corrected chi connectivity index (χ0v) is 16.7. The van der Waals surface area contributed by atoms with Crippen LogP contribution < -0.4 is 4.74 Å². The molecule has 1 rings (SSSR count). The smallest absolute Gasteiger partial charge is 0.313 e. The van der Waals surface area contributed by atoms with E-state index in [1.54, 1.807) is 6.07 Å². The van der Waals surface area contributed by atoms with Crippen LogP contribution in [0.5, 0.6) is 5.88 Å². The number of hydrogen-bond acceptors (Lipinski definition) is 8. The Bertz CT molecular complexity index is 505. The highest BCUT2D eigenvalue weighted by atomic mass is 33.1. The second-order valence-corrected chi connectivity index (χ2v) is 12.4. The first-order chi connectivity index (χ1) is 10.6. The summed E-state index contributed by atoms with van der Waals surface area (Å²) in [4.78, 5) is 8.73. The van der Waals surface area contributed by atoms with Gasteiger partial charge in [0.15, 0.2) is 5.16 Å². The molecule has 1 heterocycles. The first-order valence-corrected chi connectivity index (χ1v) is 13.2. The maximum Gasteiger partial charge on any atom is 0.313 e. The molecule has 1 aromatic rings. The minimum Gasteiger partial charge on any atom is -0.478 e. The fourth-order valence-corrected chi connectivity index (χ4v) is 8.44. The normalized spacial score (nSPS) is 13.8. The van der Waals surface area contributed by atoms with Crippen molar-refractivity contribution >= 4 is 40.3 Å². The van der Waals surface area contributed by atoms with Crippen LogP contribution in [-0.2, 0) is 14.8 Å². The van der Waals surface area contributed by atoms with E-state index in [-0.39, 0.29) is 0 Å². The maximum absolute atomic E-state index is 12.7. The molecule has 0 aliphatic carbocycles. The highest BCUT2D eigenvalue weighted by Gasteiger charge is 2.24.